The minimum atomic E-state index is -0.183. The number of carbonyl (C=O) groups is 1. The number of ether oxygens (including phenoxy) is 1. The van der Waals surface area contributed by atoms with Crippen molar-refractivity contribution < 1.29 is 9.53 Å². The molecule has 3 N–H and O–H groups in total. The Hall–Kier alpha value is -3.16. The molecule has 0 unspecified atom stereocenters. The predicted octanol–water partition coefficient (Wildman–Crippen LogP) is 1.73. The van der Waals surface area contributed by atoms with Gasteiger partial charge in [0.2, 0.25) is 5.91 Å². The summed E-state index contributed by atoms with van der Waals surface area (Å²) in [6, 6.07) is 5.43. The summed E-state index contributed by atoms with van der Waals surface area (Å²) in [6.45, 7) is 3.81. The second-order valence-electron chi connectivity index (χ2n) is 4.87. The molecule has 0 radical (unpaired) electrons. The van der Waals surface area contributed by atoms with Gasteiger partial charge >= 0.3 is 0 Å². The monoisotopic (exact) mass is 312 g/mol. The number of nitrogens with two attached hydrogens (primary N) is 1. The molecule has 3 rings (SSSR count). The van der Waals surface area contributed by atoms with E-state index < -0.39 is 0 Å². The summed E-state index contributed by atoms with van der Waals surface area (Å²) in [6.07, 6.45) is 3.28. The van der Waals surface area contributed by atoms with Crippen molar-refractivity contribution in [2.24, 2.45) is 0 Å². The van der Waals surface area contributed by atoms with Crippen LogP contribution >= 0.6 is 0 Å². The van der Waals surface area contributed by atoms with Gasteiger partial charge in [-0.25, -0.2) is 14.5 Å². The number of hydrogen-bond donors (Lipinski definition) is 2. The number of nitrogens with zero attached hydrogens (tertiary/aromatic N) is 4. The van der Waals surface area contributed by atoms with Crippen molar-refractivity contribution in [2.75, 3.05) is 17.7 Å². The van der Waals surface area contributed by atoms with E-state index in [1.165, 1.54) is 6.92 Å². The highest BCUT2D eigenvalue weighted by atomic mass is 16.5. The SMILES string of the molecule is CCOc1cc(-c2ccc3nc(NC(C)=O)cn3n2)cnc1N. The number of carbonyl (C=O) groups excluding carboxylic acids is 1. The van der Waals surface area contributed by atoms with Crippen LogP contribution in [-0.4, -0.2) is 32.1 Å². The zero-order valence-corrected chi connectivity index (χ0v) is 12.8. The number of aromatic nitrogens is 4. The summed E-state index contributed by atoms with van der Waals surface area (Å²) in [4.78, 5) is 19.5. The fourth-order valence-electron chi connectivity index (χ4n) is 2.14. The smallest absolute Gasteiger partial charge is 0.222 e. The van der Waals surface area contributed by atoms with Crippen molar-refractivity contribution in [1.29, 1.82) is 0 Å². The Morgan fingerprint density at radius 1 is 1.43 bits per heavy atom. The Morgan fingerprint density at radius 3 is 3.00 bits per heavy atom. The first-order chi connectivity index (χ1) is 11.1. The van der Waals surface area contributed by atoms with E-state index in [0.29, 0.717) is 35.3 Å². The lowest BCUT2D eigenvalue weighted by Gasteiger charge is -2.08. The van der Waals surface area contributed by atoms with Crippen molar-refractivity contribution in [3.63, 3.8) is 0 Å². The topological polar surface area (TPSA) is 107 Å². The number of pyridine rings is 1. The number of rotatable bonds is 4. The molecule has 0 atom stereocenters. The highest BCUT2D eigenvalue weighted by molar-refractivity contribution is 5.87. The van der Waals surface area contributed by atoms with Crippen LogP contribution < -0.4 is 15.8 Å². The first kappa shape index (κ1) is 14.8. The average Bonchev–Trinajstić information content (AvgIpc) is 2.90. The van der Waals surface area contributed by atoms with Crippen molar-refractivity contribution in [2.45, 2.75) is 13.8 Å². The molecule has 0 aliphatic rings. The normalized spacial score (nSPS) is 10.7. The molecule has 0 spiro atoms. The van der Waals surface area contributed by atoms with Gasteiger partial charge in [-0.05, 0) is 25.1 Å². The van der Waals surface area contributed by atoms with Crippen molar-refractivity contribution >= 4 is 23.2 Å². The van der Waals surface area contributed by atoms with Gasteiger partial charge in [-0.1, -0.05) is 0 Å². The van der Waals surface area contributed by atoms with Crippen LogP contribution in [0.5, 0.6) is 5.75 Å². The maximum absolute atomic E-state index is 11.1. The number of nitrogens with one attached hydrogen (secondary N) is 1. The summed E-state index contributed by atoms with van der Waals surface area (Å²) in [5, 5.41) is 7.10. The Kier molecular flexibility index (Phi) is 3.80. The van der Waals surface area contributed by atoms with E-state index in [1.807, 2.05) is 19.1 Å². The minimum Gasteiger partial charge on any atom is -0.490 e. The van der Waals surface area contributed by atoms with Crippen LogP contribution in [0.25, 0.3) is 16.9 Å². The standard InChI is InChI=1S/C15H16N6O2/c1-3-23-12-6-10(7-17-15(12)16)11-4-5-14-19-13(18-9(2)22)8-21(14)20-11/h4-8H,3H2,1-2H3,(H2,16,17)(H,18,22). The Labute approximate surface area is 132 Å². The van der Waals surface area contributed by atoms with Gasteiger partial charge in [-0.15, -0.1) is 0 Å². The van der Waals surface area contributed by atoms with Crippen molar-refractivity contribution in [3.8, 4) is 17.0 Å². The number of hydrogen-bond acceptors (Lipinski definition) is 6. The molecule has 3 aromatic rings. The molecule has 0 aliphatic carbocycles. The fraction of sp³-hybridized carbons (Fsp3) is 0.200. The van der Waals surface area contributed by atoms with E-state index in [0.717, 1.165) is 5.56 Å². The lowest BCUT2D eigenvalue weighted by Crippen LogP contribution is -2.05. The molecule has 118 valence electrons. The molecule has 0 fully saturated rings. The third kappa shape index (κ3) is 3.05. The zero-order valence-electron chi connectivity index (χ0n) is 12.8. The van der Waals surface area contributed by atoms with E-state index in [2.05, 4.69) is 20.4 Å². The average molecular weight is 312 g/mol. The van der Waals surface area contributed by atoms with Gasteiger partial charge in [0.15, 0.2) is 23.0 Å². The van der Waals surface area contributed by atoms with Gasteiger partial charge in [0.25, 0.3) is 0 Å². The zero-order chi connectivity index (χ0) is 16.4. The van der Waals surface area contributed by atoms with Crippen molar-refractivity contribution in [1.82, 2.24) is 19.6 Å². The van der Waals surface area contributed by atoms with Gasteiger partial charge in [-0.2, -0.15) is 5.10 Å². The summed E-state index contributed by atoms with van der Waals surface area (Å²) in [7, 11) is 0. The second kappa shape index (κ2) is 5.91. The molecule has 3 aromatic heterocycles. The van der Waals surface area contributed by atoms with Crippen LogP contribution in [0.1, 0.15) is 13.8 Å². The molecule has 8 nitrogen and oxygen atoms in total. The maximum Gasteiger partial charge on any atom is 0.222 e. The number of fused-ring (bicyclic) bond motifs is 1. The van der Waals surface area contributed by atoms with Crippen LogP contribution in [0.2, 0.25) is 0 Å². The van der Waals surface area contributed by atoms with E-state index in [4.69, 9.17) is 10.5 Å². The second-order valence-corrected chi connectivity index (χ2v) is 4.87. The van der Waals surface area contributed by atoms with Crippen molar-refractivity contribution in [3.05, 3.63) is 30.6 Å². The molecule has 1 amide bonds. The van der Waals surface area contributed by atoms with Gasteiger partial charge in [0.05, 0.1) is 18.5 Å². The summed E-state index contributed by atoms with van der Waals surface area (Å²) < 4.78 is 7.05. The first-order valence-corrected chi connectivity index (χ1v) is 7.09. The third-order valence-corrected chi connectivity index (χ3v) is 3.10. The van der Waals surface area contributed by atoms with E-state index >= 15 is 0 Å². The fourth-order valence-corrected chi connectivity index (χ4v) is 2.14. The number of amides is 1. The Bertz CT molecular complexity index is 874. The van der Waals surface area contributed by atoms with Crippen LogP contribution in [0, 0.1) is 0 Å². The van der Waals surface area contributed by atoms with E-state index in [1.54, 1.807) is 23.0 Å². The number of anilines is 2. The lowest BCUT2D eigenvalue weighted by molar-refractivity contribution is -0.114. The van der Waals surface area contributed by atoms with E-state index in [-0.39, 0.29) is 5.91 Å². The predicted molar refractivity (Wildman–Crippen MR) is 86.1 cm³/mol. The molecule has 0 saturated heterocycles. The third-order valence-electron chi connectivity index (χ3n) is 3.10. The number of imidazole rings is 1. The quantitative estimate of drug-likeness (QED) is 0.759. The molecule has 0 aromatic carbocycles. The maximum atomic E-state index is 11.1. The van der Waals surface area contributed by atoms with Crippen LogP contribution in [-0.2, 0) is 4.79 Å². The minimum absolute atomic E-state index is 0.183. The first-order valence-electron chi connectivity index (χ1n) is 7.09. The molecule has 0 aliphatic heterocycles. The van der Waals surface area contributed by atoms with Gasteiger partial charge in [-0.3, -0.25) is 4.79 Å². The van der Waals surface area contributed by atoms with Crippen LogP contribution in [0.4, 0.5) is 11.6 Å². The van der Waals surface area contributed by atoms with Gasteiger partial charge in [0.1, 0.15) is 0 Å². The molecule has 3 heterocycles. The highest BCUT2D eigenvalue weighted by Crippen LogP contribution is 2.26. The van der Waals surface area contributed by atoms with Crippen LogP contribution in [0.3, 0.4) is 0 Å². The summed E-state index contributed by atoms with van der Waals surface area (Å²) >= 11 is 0. The molecule has 0 saturated carbocycles. The van der Waals surface area contributed by atoms with Crippen LogP contribution in [0.15, 0.2) is 30.6 Å². The van der Waals surface area contributed by atoms with Gasteiger partial charge in [0, 0.05) is 18.7 Å². The molecular formula is C15H16N6O2. The summed E-state index contributed by atoms with van der Waals surface area (Å²) in [5.41, 5.74) is 7.88. The summed E-state index contributed by atoms with van der Waals surface area (Å²) in [5.74, 6) is 1.13. The number of nitrogen functional groups attached to an aromatic ring is 1. The van der Waals surface area contributed by atoms with Gasteiger partial charge < -0.3 is 15.8 Å². The Balaban J connectivity index is 1.99. The van der Waals surface area contributed by atoms with E-state index in [9.17, 15) is 4.79 Å². The molecule has 0 bridgehead atoms. The lowest BCUT2D eigenvalue weighted by atomic mass is 10.2. The highest BCUT2D eigenvalue weighted by Gasteiger charge is 2.09. The Morgan fingerprint density at radius 2 is 2.26 bits per heavy atom. The molecule has 8 heteroatoms. The largest absolute Gasteiger partial charge is 0.490 e. The molecule has 23 heavy (non-hydrogen) atoms. The molecular weight excluding hydrogens is 296 g/mol.